The van der Waals surface area contributed by atoms with Gasteiger partial charge < -0.3 is 20.1 Å². The number of aliphatic hydroxyl groups is 1. The fourth-order valence-electron chi connectivity index (χ4n) is 5.70. The molecule has 1 aromatic rings. The molecule has 3 aliphatic rings. The summed E-state index contributed by atoms with van der Waals surface area (Å²) in [6, 6.07) is 6.16. The second-order valence-corrected chi connectivity index (χ2v) is 10.7. The van der Waals surface area contributed by atoms with E-state index in [1.165, 1.54) is 0 Å². The molecule has 9 heteroatoms. The summed E-state index contributed by atoms with van der Waals surface area (Å²) < 4.78 is 4.66. The van der Waals surface area contributed by atoms with Crippen molar-refractivity contribution in [3.63, 3.8) is 0 Å². The lowest BCUT2D eigenvalue weighted by Crippen LogP contribution is -2.54. The molecule has 2 bridgehead atoms. The van der Waals surface area contributed by atoms with Gasteiger partial charge in [0.1, 0.15) is 6.04 Å². The molecule has 174 valence electrons. The molecule has 0 aromatic heterocycles. The number of hydrogen-bond acceptors (Lipinski definition) is 6. The molecule has 32 heavy (non-hydrogen) atoms. The summed E-state index contributed by atoms with van der Waals surface area (Å²) >= 11 is 7.59. The van der Waals surface area contributed by atoms with Gasteiger partial charge in [0.2, 0.25) is 11.8 Å². The Morgan fingerprint density at radius 3 is 2.69 bits per heavy atom. The first-order chi connectivity index (χ1) is 15.3. The number of fused-ring (bicyclic) bond motifs is 1. The lowest BCUT2D eigenvalue weighted by molar-refractivity contribution is -0.154. The van der Waals surface area contributed by atoms with Crippen LogP contribution in [0.2, 0.25) is 5.02 Å². The van der Waals surface area contributed by atoms with E-state index >= 15 is 0 Å². The second-order valence-electron chi connectivity index (χ2n) is 8.76. The van der Waals surface area contributed by atoms with Crippen molar-refractivity contribution < 1.29 is 24.2 Å². The molecule has 0 radical (unpaired) electrons. The number of aliphatic hydroxyl groups excluding tert-OH is 1. The molecule has 7 nitrogen and oxygen atoms in total. The van der Waals surface area contributed by atoms with Crippen molar-refractivity contribution in [1.29, 1.82) is 0 Å². The Balaban J connectivity index is 1.69. The van der Waals surface area contributed by atoms with Gasteiger partial charge in [0.05, 0.1) is 23.2 Å². The van der Waals surface area contributed by atoms with Crippen LogP contribution in [0, 0.1) is 17.8 Å². The van der Waals surface area contributed by atoms with Gasteiger partial charge in [-0.25, -0.2) is 0 Å². The molecule has 0 aliphatic carbocycles. The maximum atomic E-state index is 13.7. The highest BCUT2D eigenvalue weighted by atomic mass is 35.5. The number of carbonyl (C=O) groups excluding carboxylic acids is 3. The Morgan fingerprint density at radius 2 is 2.03 bits per heavy atom. The molecular weight excluding hydrogens is 452 g/mol. The van der Waals surface area contributed by atoms with Gasteiger partial charge >= 0.3 is 5.97 Å². The number of nitrogens with zero attached hydrogens (tertiary/aromatic N) is 1. The third-order valence-electron chi connectivity index (χ3n) is 6.97. The monoisotopic (exact) mass is 480 g/mol. The molecule has 1 aromatic carbocycles. The van der Waals surface area contributed by atoms with Crippen molar-refractivity contribution in [3.05, 3.63) is 29.3 Å². The summed E-state index contributed by atoms with van der Waals surface area (Å²) in [4.78, 5) is 41.8. The molecule has 6 atom stereocenters. The van der Waals surface area contributed by atoms with E-state index in [2.05, 4.69) is 12.2 Å². The van der Waals surface area contributed by atoms with E-state index in [0.717, 1.165) is 6.42 Å². The fraction of sp³-hybridized carbons (Fsp3) is 0.609. The highest BCUT2D eigenvalue weighted by Crippen LogP contribution is 2.68. The maximum absolute atomic E-state index is 13.7. The molecule has 3 unspecified atom stereocenters. The number of ether oxygens (including phenoxy) is 1. The van der Waals surface area contributed by atoms with E-state index < -0.39 is 22.6 Å². The first kappa shape index (κ1) is 23.4. The van der Waals surface area contributed by atoms with Gasteiger partial charge in [0, 0.05) is 29.1 Å². The molecule has 4 rings (SSSR count). The number of thioether (sulfide) groups is 1. The predicted molar refractivity (Wildman–Crippen MR) is 123 cm³/mol. The Morgan fingerprint density at radius 1 is 1.31 bits per heavy atom. The van der Waals surface area contributed by atoms with Crippen LogP contribution in [0.15, 0.2) is 24.3 Å². The highest BCUT2D eigenvalue weighted by Gasteiger charge is 2.76. The average Bonchev–Trinajstić information content (AvgIpc) is 3.34. The van der Waals surface area contributed by atoms with Crippen LogP contribution >= 0.6 is 23.4 Å². The first-order valence-corrected chi connectivity index (χ1v) is 12.4. The zero-order chi connectivity index (χ0) is 23.0. The molecule has 0 saturated carbocycles. The smallest absolute Gasteiger partial charge is 0.310 e. The average molecular weight is 481 g/mol. The third kappa shape index (κ3) is 3.70. The van der Waals surface area contributed by atoms with Crippen LogP contribution in [0.1, 0.15) is 33.1 Å². The molecule has 1 spiro atoms. The molecular formula is C23H29ClN2O5S. The molecule has 2 N–H and O–H groups in total. The summed E-state index contributed by atoms with van der Waals surface area (Å²) in [5, 5.41) is 12.7. The van der Waals surface area contributed by atoms with Gasteiger partial charge in [-0.05, 0) is 56.4 Å². The Kier molecular flexibility index (Phi) is 6.75. The number of carbonyl (C=O) groups is 3. The van der Waals surface area contributed by atoms with E-state index in [1.54, 1.807) is 47.9 Å². The number of unbranched alkanes of at least 4 members (excludes halogenated alkanes) is 1. The SMILES string of the molecule is CCOC(=O)[C@@H]1[C@@H]2CC(C)C3(S2)C(C(=O)Nc2ccc(Cl)cc2)N(CCCCO)C(=O)[C@H]13. The predicted octanol–water partition coefficient (Wildman–Crippen LogP) is 2.95. The van der Waals surface area contributed by atoms with Crippen molar-refractivity contribution in [3.8, 4) is 0 Å². The molecule has 3 aliphatic heterocycles. The molecule has 3 fully saturated rings. The first-order valence-electron chi connectivity index (χ1n) is 11.2. The zero-order valence-electron chi connectivity index (χ0n) is 18.3. The third-order valence-corrected chi connectivity index (χ3v) is 9.30. The van der Waals surface area contributed by atoms with Crippen molar-refractivity contribution in [2.45, 2.75) is 49.1 Å². The van der Waals surface area contributed by atoms with E-state index in [-0.39, 0.29) is 42.2 Å². The summed E-state index contributed by atoms with van der Waals surface area (Å²) in [5.41, 5.74) is 0.606. The van der Waals surface area contributed by atoms with Gasteiger partial charge in [0.15, 0.2) is 0 Å². The second kappa shape index (κ2) is 9.23. The minimum absolute atomic E-state index is 0.0246. The van der Waals surface area contributed by atoms with Crippen molar-refractivity contribution in [2.75, 3.05) is 25.1 Å². The normalized spacial score (nSPS) is 32.8. The summed E-state index contributed by atoms with van der Waals surface area (Å²) in [7, 11) is 0. The number of likely N-dealkylation sites (tertiary alicyclic amines) is 1. The van der Waals surface area contributed by atoms with Crippen LogP contribution in [-0.4, -0.2) is 63.6 Å². The number of halogens is 1. The van der Waals surface area contributed by atoms with Gasteiger partial charge in [-0.1, -0.05) is 18.5 Å². The fourth-order valence-corrected chi connectivity index (χ4v) is 8.24. The standard InChI is InChI=1S/C23H29ClN2O5S/c1-3-31-22(30)17-16-12-13(2)23(32-16)18(17)21(29)26(10-4-5-11-27)19(23)20(28)25-15-8-6-14(24)7-9-15/h6-9,13,16-19,27H,3-5,10-12H2,1-2H3,(H,25,28)/t13?,16-,17+,18-,19?,23?/m0/s1. The van der Waals surface area contributed by atoms with Crippen LogP contribution < -0.4 is 5.32 Å². The summed E-state index contributed by atoms with van der Waals surface area (Å²) in [5.74, 6) is -1.75. The molecule has 3 heterocycles. The Hall–Kier alpha value is -1.77. The number of hydrogen-bond donors (Lipinski definition) is 2. The number of anilines is 1. The number of rotatable bonds is 8. The van der Waals surface area contributed by atoms with Gasteiger partial charge in [0.25, 0.3) is 0 Å². The minimum atomic E-state index is -0.696. The highest BCUT2D eigenvalue weighted by molar-refractivity contribution is 8.02. The van der Waals surface area contributed by atoms with E-state index in [9.17, 15) is 19.5 Å². The number of esters is 1. The number of benzene rings is 1. The van der Waals surface area contributed by atoms with Crippen molar-refractivity contribution >= 4 is 46.8 Å². The lowest BCUT2D eigenvalue weighted by atomic mass is 9.66. The number of nitrogens with one attached hydrogen (secondary N) is 1. The van der Waals surface area contributed by atoms with Gasteiger partial charge in [-0.15, -0.1) is 11.8 Å². The molecule has 2 amide bonds. The summed E-state index contributed by atoms with van der Waals surface area (Å²) in [6.45, 7) is 4.49. The maximum Gasteiger partial charge on any atom is 0.310 e. The van der Waals surface area contributed by atoms with Crippen LogP contribution in [0.4, 0.5) is 5.69 Å². The van der Waals surface area contributed by atoms with E-state index in [1.807, 2.05) is 0 Å². The van der Waals surface area contributed by atoms with Crippen LogP contribution in [0.3, 0.4) is 0 Å². The largest absolute Gasteiger partial charge is 0.466 e. The van der Waals surface area contributed by atoms with Gasteiger partial charge in [-0.2, -0.15) is 0 Å². The van der Waals surface area contributed by atoms with Crippen LogP contribution in [-0.2, 0) is 19.1 Å². The van der Waals surface area contributed by atoms with Crippen LogP contribution in [0.5, 0.6) is 0 Å². The minimum Gasteiger partial charge on any atom is -0.466 e. The van der Waals surface area contributed by atoms with Crippen LogP contribution in [0.25, 0.3) is 0 Å². The van der Waals surface area contributed by atoms with Crippen molar-refractivity contribution in [2.24, 2.45) is 17.8 Å². The Bertz CT molecular complexity index is 897. The number of amides is 2. The topological polar surface area (TPSA) is 95.9 Å². The van der Waals surface area contributed by atoms with Gasteiger partial charge in [-0.3, -0.25) is 14.4 Å². The summed E-state index contributed by atoms with van der Waals surface area (Å²) in [6.07, 6.45) is 1.90. The van der Waals surface area contributed by atoms with E-state index in [0.29, 0.717) is 30.1 Å². The lowest BCUT2D eigenvalue weighted by Gasteiger charge is -2.38. The quantitative estimate of drug-likeness (QED) is 0.438. The van der Waals surface area contributed by atoms with Crippen molar-refractivity contribution in [1.82, 2.24) is 4.90 Å². The molecule has 3 saturated heterocycles. The zero-order valence-corrected chi connectivity index (χ0v) is 19.8. The van der Waals surface area contributed by atoms with E-state index in [4.69, 9.17) is 16.3 Å². The Labute approximate surface area is 197 Å².